The van der Waals surface area contributed by atoms with Gasteiger partial charge in [-0.1, -0.05) is 27.5 Å². The Labute approximate surface area is 139 Å². The van der Waals surface area contributed by atoms with Gasteiger partial charge in [-0.2, -0.15) is 0 Å². The van der Waals surface area contributed by atoms with Gasteiger partial charge in [0.2, 0.25) is 0 Å². The number of nitrogens with zero attached hydrogens (tertiary/aromatic N) is 1. The number of rotatable bonds is 2. The van der Waals surface area contributed by atoms with Crippen molar-refractivity contribution in [1.29, 1.82) is 0 Å². The van der Waals surface area contributed by atoms with Crippen molar-refractivity contribution >= 4 is 55.1 Å². The Morgan fingerprint density at radius 1 is 1.25 bits per heavy atom. The number of anilines is 1. The molecule has 0 saturated heterocycles. The van der Waals surface area contributed by atoms with E-state index in [1.54, 1.807) is 33.0 Å². The molecule has 0 atom stereocenters. The normalized spacial score (nSPS) is 10.7. The average molecular weight is 422 g/mol. The molecule has 1 aromatic heterocycles. The summed E-state index contributed by atoms with van der Waals surface area (Å²) in [6, 6.07) is 5.39. The highest BCUT2D eigenvalue weighted by atomic mass is 79.9. The second kappa shape index (κ2) is 5.92. The standard InChI is InChI=1S/C14H12Br2ClNO2/c1-7-12(13(16)8(2)20-7)14(19)18(3)11-5-4-9(15)6-10(11)17/h4-6H,1-3H3. The molecule has 0 aliphatic rings. The maximum Gasteiger partial charge on any atom is 0.262 e. The molecule has 0 bridgehead atoms. The smallest absolute Gasteiger partial charge is 0.262 e. The topological polar surface area (TPSA) is 33.5 Å². The molecule has 0 spiro atoms. The van der Waals surface area contributed by atoms with E-state index < -0.39 is 0 Å². The van der Waals surface area contributed by atoms with Gasteiger partial charge in [-0.25, -0.2) is 0 Å². The van der Waals surface area contributed by atoms with E-state index in [-0.39, 0.29) is 5.91 Å². The number of carbonyl (C=O) groups excluding carboxylic acids is 1. The number of amides is 1. The van der Waals surface area contributed by atoms with Crippen LogP contribution in [-0.2, 0) is 0 Å². The predicted molar refractivity (Wildman–Crippen MR) is 87.8 cm³/mol. The van der Waals surface area contributed by atoms with Crippen molar-refractivity contribution < 1.29 is 9.21 Å². The van der Waals surface area contributed by atoms with E-state index in [4.69, 9.17) is 16.0 Å². The van der Waals surface area contributed by atoms with Crippen LogP contribution in [0.15, 0.2) is 31.6 Å². The molecule has 0 radical (unpaired) electrons. The molecule has 0 aliphatic carbocycles. The molecule has 0 unspecified atom stereocenters. The summed E-state index contributed by atoms with van der Waals surface area (Å²) >= 11 is 12.9. The minimum Gasteiger partial charge on any atom is -0.465 e. The highest BCUT2D eigenvalue weighted by Crippen LogP contribution is 2.32. The van der Waals surface area contributed by atoms with Crippen LogP contribution < -0.4 is 4.90 Å². The lowest BCUT2D eigenvalue weighted by atomic mass is 10.2. The van der Waals surface area contributed by atoms with E-state index in [2.05, 4.69) is 31.9 Å². The van der Waals surface area contributed by atoms with Gasteiger partial charge in [-0.05, 0) is 48.0 Å². The molecule has 106 valence electrons. The fourth-order valence-electron chi connectivity index (χ4n) is 1.93. The van der Waals surface area contributed by atoms with Crippen LogP contribution in [0.4, 0.5) is 5.69 Å². The van der Waals surface area contributed by atoms with Crippen molar-refractivity contribution in [3.8, 4) is 0 Å². The SMILES string of the molecule is Cc1oc(C)c(C(=O)N(C)c2ccc(Br)cc2Cl)c1Br. The van der Waals surface area contributed by atoms with E-state index >= 15 is 0 Å². The Morgan fingerprint density at radius 2 is 1.90 bits per heavy atom. The Bertz CT molecular complexity index is 682. The summed E-state index contributed by atoms with van der Waals surface area (Å²) in [6.45, 7) is 3.57. The maximum absolute atomic E-state index is 12.6. The van der Waals surface area contributed by atoms with Crippen molar-refractivity contribution in [2.75, 3.05) is 11.9 Å². The maximum atomic E-state index is 12.6. The van der Waals surface area contributed by atoms with Crippen LogP contribution in [0.3, 0.4) is 0 Å². The molecule has 6 heteroatoms. The van der Waals surface area contributed by atoms with E-state index in [1.165, 1.54) is 4.90 Å². The van der Waals surface area contributed by atoms with Crippen LogP contribution in [0.1, 0.15) is 21.9 Å². The zero-order chi connectivity index (χ0) is 15.0. The molecule has 1 aromatic carbocycles. The van der Waals surface area contributed by atoms with Crippen molar-refractivity contribution in [2.45, 2.75) is 13.8 Å². The van der Waals surface area contributed by atoms with E-state index in [0.29, 0.717) is 32.3 Å². The molecular weight excluding hydrogens is 409 g/mol. The third-order valence-corrected chi connectivity index (χ3v) is 4.73. The quantitative estimate of drug-likeness (QED) is 0.655. The first-order valence-electron chi connectivity index (χ1n) is 5.81. The zero-order valence-corrected chi connectivity index (χ0v) is 15.1. The Kier molecular flexibility index (Phi) is 4.62. The summed E-state index contributed by atoms with van der Waals surface area (Å²) in [6.07, 6.45) is 0. The lowest BCUT2D eigenvalue weighted by molar-refractivity contribution is 0.0991. The van der Waals surface area contributed by atoms with Gasteiger partial charge < -0.3 is 9.32 Å². The number of aryl methyl sites for hydroxylation is 2. The Morgan fingerprint density at radius 3 is 2.40 bits per heavy atom. The van der Waals surface area contributed by atoms with Crippen LogP contribution in [0.2, 0.25) is 5.02 Å². The molecule has 0 aliphatic heterocycles. The first-order valence-corrected chi connectivity index (χ1v) is 7.78. The predicted octanol–water partition coefficient (Wildman–Crippen LogP) is 5.35. The summed E-state index contributed by atoms with van der Waals surface area (Å²) in [5.74, 6) is 1.09. The van der Waals surface area contributed by atoms with Gasteiger partial charge in [0.15, 0.2) is 0 Å². The molecule has 2 rings (SSSR count). The fraction of sp³-hybridized carbons (Fsp3) is 0.214. The molecule has 1 heterocycles. The van der Waals surface area contributed by atoms with Gasteiger partial charge in [0.25, 0.3) is 5.91 Å². The molecular formula is C14H12Br2ClNO2. The Balaban J connectivity index is 2.42. The first-order chi connectivity index (χ1) is 9.32. The van der Waals surface area contributed by atoms with Crippen molar-refractivity contribution in [3.63, 3.8) is 0 Å². The number of hydrogen-bond acceptors (Lipinski definition) is 2. The third-order valence-electron chi connectivity index (χ3n) is 2.98. The molecule has 3 nitrogen and oxygen atoms in total. The fourth-order valence-corrected chi connectivity index (χ4v) is 3.26. The monoisotopic (exact) mass is 419 g/mol. The number of carbonyl (C=O) groups is 1. The van der Waals surface area contributed by atoms with Gasteiger partial charge in [-0.3, -0.25) is 4.79 Å². The molecule has 20 heavy (non-hydrogen) atoms. The summed E-state index contributed by atoms with van der Waals surface area (Å²) in [5.41, 5.74) is 1.16. The van der Waals surface area contributed by atoms with Gasteiger partial charge >= 0.3 is 0 Å². The zero-order valence-electron chi connectivity index (χ0n) is 11.1. The lowest BCUT2D eigenvalue weighted by Gasteiger charge is -2.18. The van der Waals surface area contributed by atoms with Crippen LogP contribution in [-0.4, -0.2) is 13.0 Å². The summed E-state index contributed by atoms with van der Waals surface area (Å²) in [5, 5.41) is 0.504. The minimum atomic E-state index is -0.171. The van der Waals surface area contributed by atoms with Gasteiger partial charge in [0, 0.05) is 11.5 Å². The minimum absolute atomic E-state index is 0.171. The molecule has 2 aromatic rings. The molecule has 1 amide bonds. The number of halogens is 3. The third kappa shape index (κ3) is 2.80. The largest absolute Gasteiger partial charge is 0.465 e. The lowest BCUT2D eigenvalue weighted by Crippen LogP contribution is -2.27. The van der Waals surface area contributed by atoms with Crippen molar-refractivity contribution in [3.05, 3.63) is 49.3 Å². The molecule has 0 saturated carbocycles. The average Bonchev–Trinajstić information content (AvgIpc) is 2.62. The van der Waals surface area contributed by atoms with Gasteiger partial charge in [-0.15, -0.1) is 0 Å². The highest BCUT2D eigenvalue weighted by Gasteiger charge is 2.24. The van der Waals surface area contributed by atoms with Crippen LogP contribution in [0, 0.1) is 13.8 Å². The van der Waals surface area contributed by atoms with Gasteiger partial charge in [0.05, 0.1) is 20.7 Å². The second-order valence-electron chi connectivity index (χ2n) is 4.36. The first kappa shape index (κ1) is 15.6. The highest BCUT2D eigenvalue weighted by molar-refractivity contribution is 9.10. The molecule has 0 N–H and O–H groups in total. The van der Waals surface area contributed by atoms with E-state index in [0.717, 1.165) is 4.47 Å². The number of hydrogen-bond donors (Lipinski definition) is 0. The number of benzene rings is 1. The summed E-state index contributed by atoms with van der Waals surface area (Å²) in [7, 11) is 1.69. The van der Waals surface area contributed by atoms with Gasteiger partial charge in [0.1, 0.15) is 11.5 Å². The van der Waals surface area contributed by atoms with Crippen molar-refractivity contribution in [2.24, 2.45) is 0 Å². The van der Waals surface area contributed by atoms with E-state index in [1.807, 2.05) is 6.07 Å². The summed E-state index contributed by atoms with van der Waals surface area (Å²) in [4.78, 5) is 14.1. The van der Waals surface area contributed by atoms with Crippen molar-refractivity contribution in [1.82, 2.24) is 0 Å². The summed E-state index contributed by atoms with van der Waals surface area (Å²) < 4.78 is 7.01. The number of furan rings is 1. The van der Waals surface area contributed by atoms with Crippen LogP contribution in [0.5, 0.6) is 0 Å². The molecule has 0 fully saturated rings. The Hall–Kier alpha value is -0.780. The van der Waals surface area contributed by atoms with E-state index in [9.17, 15) is 4.79 Å². The van der Waals surface area contributed by atoms with Crippen LogP contribution in [0.25, 0.3) is 0 Å². The second-order valence-corrected chi connectivity index (χ2v) is 6.48. The van der Waals surface area contributed by atoms with Crippen LogP contribution >= 0.6 is 43.5 Å².